The molecule has 3 nitrogen and oxygen atoms in total. The molecule has 5 rings (SSSR count). The monoisotopic (exact) mass is 442 g/mol. The zero-order valence-corrected chi connectivity index (χ0v) is 21.4. The third kappa shape index (κ3) is 2.78. The fourth-order valence-corrected chi connectivity index (χ4v) is 10.6. The standard InChI is InChI=1S/C29H46O3/c1-18-8-7-14-29(25(31)32-6)17-11-20-19(24(18)29)9-10-22-27(20,4)15-12-21-26(2,3)23(30)13-16-28(21,22)5/h9,18,20-24,30H,7-8,10-17H2,1-6H3/t18-,20?,21?,22?,23?,24?,27?,28?,29-/m0/s1. The molecule has 0 spiro atoms. The van der Waals surface area contributed by atoms with Crippen LogP contribution in [-0.4, -0.2) is 24.3 Å². The summed E-state index contributed by atoms with van der Waals surface area (Å²) in [5.41, 5.74) is 1.96. The second-order valence-corrected chi connectivity index (χ2v) is 13.6. The number of hydrogen-bond donors (Lipinski definition) is 1. The summed E-state index contributed by atoms with van der Waals surface area (Å²) in [6.45, 7) is 12.2. The molecule has 1 N–H and O–H groups in total. The summed E-state index contributed by atoms with van der Waals surface area (Å²) >= 11 is 0. The summed E-state index contributed by atoms with van der Waals surface area (Å²) in [4.78, 5) is 13.2. The van der Waals surface area contributed by atoms with Crippen molar-refractivity contribution >= 4 is 5.97 Å². The Hall–Kier alpha value is -0.830. The second kappa shape index (κ2) is 7.33. The molecule has 0 aromatic rings. The van der Waals surface area contributed by atoms with Crippen LogP contribution in [-0.2, 0) is 9.53 Å². The smallest absolute Gasteiger partial charge is 0.312 e. The highest BCUT2D eigenvalue weighted by atomic mass is 16.5. The van der Waals surface area contributed by atoms with Crippen molar-refractivity contribution in [2.24, 2.45) is 51.2 Å². The maximum atomic E-state index is 13.2. The van der Waals surface area contributed by atoms with Crippen molar-refractivity contribution in [3.8, 4) is 0 Å². The fraction of sp³-hybridized carbons (Fsp3) is 0.897. The first-order valence-electron chi connectivity index (χ1n) is 13.5. The molecule has 0 aromatic carbocycles. The van der Waals surface area contributed by atoms with Gasteiger partial charge in [-0.25, -0.2) is 0 Å². The van der Waals surface area contributed by atoms with Crippen LogP contribution in [0.25, 0.3) is 0 Å². The lowest BCUT2D eigenvalue weighted by Gasteiger charge is -2.68. The van der Waals surface area contributed by atoms with Gasteiger partial charge in [0.25, 0.3) is 0 Å². The van der Waals surface area contributed by atoms with Crippen LogP contribution in [0.5, 0.6) is 0 Å². The van der Waals surface area contributed by atoms with Gasteiger partial charge in [0.05, 0.1) is 18.6 Å². The number of ether oxygens (including phenoxy) is 1. The fourth-order valence-electron chi connectivity index (χ4n) is 10.6. The number of fused-ring (bicyclic) bond motifs is 7. The first-order valence-corrected chi connectivity index (χ1v) is 13.5. The van der Waals surface area contributed by atoms with Crippen LogP contribution < -0.4 is 0 Å². The second-order valence-electron chi connectivity index (χ2n) is 13.6. The van der Waals surface area contributed by atoms with Crippen LogP contribution in [0.3, 0.4) is 0 Å². The number of aliphatic hydroxyl groups excluding tert-OH is 1. The molecule has 4 saturated carbocycles. The quantitative estimate of drug-likeness (QED) is 0.370. The lowest BCUT2D eigenvalue weighted by molar-refractivity contribution is -0.189. The number of rotatable bonds is 1. The predicted octanol–water partition coefficient (Wildman–Crippen LogP) is 6.54. The summed E-state index contributed by atoms with van der Waals surface area (Å²) < 4.78 is 5.44. The molecule has 0 aliphatic heterocycles. The number of carbonyl (C=O) groups excluding carboxylic acids is 1. The lowest BCUT2D eigenvalue weighted by atomic mass is 9.37. The highest BCUT2D eigenvalue weighted by Crippen LogP contribution is 2.71. The van der Waals surface area contributed by atoms with Crippen molar-refractivity contribution in [3.05, 3.63) is 11.6 Å². The minimum atomic E-state index is -0.282. The van der Waals surface area contributed by atoms with E-state index in [1.165, 1.54) is 19.3 Å². The largest absolute Gasteiger partial charge is 0.469 e. The van der Waals surface area contributed by atoms with Crippen molar-refractivity contribution in [3.63, 3.8) is 0 Å². The molecule has 0 radical (unpaired) electrons. The predicted molar refractivity (Wildman–Crippen MR) is 128 cm³/mol. The molecule has 0 saturated heterocycles. The van der Waals surface area contributed by atoms with E-state index < -0.39 is 0 Å². The molecule has 0 heterocycles. The SMILES string of the molecule is COC(=O)[C@]12CCC[C@H](C)C1C1=CCC3C(C)(CCC4C(C)(C)C(O)CCC43C)C1CC2. The first kappa shape index (κ1) is 22.9. The molecule has 180 valence electrons. The topological polar surface area (TPSA) is 46.5 Å². The zero-order chi connectivity index (χ0) is 23.1. The Morgan fingerprint density at radius 2 is 1.69 bits per heavy atom. The van der Waals surface area contributed by atoms with Crippen molar-refractivity contribution in [1.82, 2.24) is 0 Å². The molecule has 0 aromatic heterocycles. The van der Waals surface area contributed by atoms with Gasteiger partial charge in [0.2, 0.25) is 0 Å². The number of hydrogen-bond acceptors (Lipinski definition) is 3. The molecule has 9 atom stereocenters. The normalized spacial score (nSPS) is 51.9. The molecule has 0 amide bonds. The zero-order valence-electron chi connectivity index (χ0n) is 21.4. The Bertz CT molecular complexity index is 813. The van der Waals surface area contributed by atoms with E-state index in [-0.39, 0.29) is 22.9 Å². The minimum absolute atomic E-state index is 0.00279. The van der Waals surface area contributed by atoms with Gasteiger partial charge in [-0.05, 0) is 97.2 Å². The van der Waals surface area contributed by atoms with E-state index in [0.29, 0.717) is 40.4 Å². The highest BCUT2D eigenvalue weighted by Gasteiger charge is 2.65. The van der Waals surface area contributed by atoms with E-state index in [1.54, 1.807) is 12.7 Å². The van der Waals surface area contributed by atoms with Crippen LogP contribution in [0.2, 0.25) is 0 Å². The Labute approximate surface area is 195 Å². The van der Waals surface area contributed by atoms with E-state index in [4.69, 9.17) is 4.74 Å². The number of methoxy groups -OCH3 is 1. The average molecular weight is 443 g/mol. The van der Waals surface area contributed by atoms with E-state index in [9.17, 15) is 9.90 Å². The highest BCUT2D eigenvalue weighted by molar-refractivity contribution is 5.78. The Morgan fingerprint density at radius 3 is 2.41 bits per heavy atom. The van der Waals surface area contributed by atoms with Crippen LogP contribution in [0.1, 0.15) is 98.8 Å². The molecule has 3 heteroatoms. The molecule has 32 heavy (non-hydrogen) atoms. The van der Waals surface area contributed by atoms with E-state index in [0.717, 1.165) is 44.9 Å². The number of aliphatic hydroxyl groups is 1. The third-order valence-electron chi connectivity index (χ3n) is 12.1. The van der Waals surface area contributed by atoms with E-state index in [1.807, 2.05) is 0 Å². The number of allylic oxidation sites excluding steroid dienone is 2. The minimum Gasteiger partial charge on any atom is -0.469 e. The molecule has 5 aliphatic rings. The van der Waals surface area contributed by atoms with E-state index in [2.05, 4.69) is 40.7 Å². The van der Waals surface area contributed by atoms with Gasteiger partial charge in [0, 0.05) is 0 Å². The van der Waals surface area contributed by atoms with Gasteiger partial charge in [0.15, 0.2) is 0 Å². The van der Waals surface area contributed by atoms with Crippen molar-refractivity contribution < 1.29 is 14.6 Å². The maximum absolute atomic E-state index is 13.2. The lowest BCUT2D eigenvalue weighted by Crippen LogP contribution is -2.62. The summed E-state index contributed by atoms with van der Waals surface area (Å²) in [6.07, 6.45) is 13.7. The van der Waals surface area contributed by atoms with Gasteiger partial charge in [-0.15, -0.1) is 0 Å². The first-order chi connectivity index (χ1) is 15.0. The summed E-state index contributed by atoms with van der Waals surface area (Å²) in [5.74, 6) is 2.87. The number of esters is 1. The van der Waals surface area contributed by atoms with Crippen LogP contribution in [0, 0.1) is 51.2 Å². The van der Waals surface area contributed by atoms with Gasteiger partial charge < -0.3 is 9.84 Å². The molecule has 7 unspecified atom stereocenters. The van der Waals surface area contributed by atoms with Gasteiger partial charge in [-0.1, -0.05) is 59.1 Å². The van der Waals surface area contributed by atoms with Gasteiger partial charge >= 0.3 is 5.97 Å². The van der Waals surface area contributed by atoms with Gasteiger partial charge in [0.1, 0.15) is 0 Å². The van der Waals surface area contributed by atoms with Crippen LogP contribution in [0.4, 0.5) is 0 Å². The van der Waals surface area contributed by atoms with Gasteiger partial charge in [-0.3, -0.25) is 4.79 Å². The summed E-state index contributed by atoms with van der Waals surface area (Å²) in [5, 5.41) is 10.8. The van der Waals surface area contributed by atoms with Crippen molar-refractivity contribution in [1.29, 1.82) is 0 Å². The Balaban J connectivity index is 1.55. The molecular formula is C29H46O3. The average Bonchev–Trinajstić information content (AvgIpc) is 2.75. The molecule has 4 fully saturated rings. The van der Waals surface area contributed by atoms with Crippen molar-refractivity contribution in [2.75, 3.05) is 7.11 Å². The van der Waals surface area contributed by atoms with Crippen molar-refractivity contribution in [2.45, 2.75) is 105 Å². The Kier molecular flexibility index (Phi) is 5.26. The third-order valence-corrected chi connectivity index (χ3v) is 12.1. The number of carbonyl (C=O) groups is 1. The summed E-state index contributed by atoms with van der Waals surface area (Å²) in [6, 6.07) is 0. The molecular weight excluding hydrogens is 396 g/mol. The summed E-state index contributed by atoms with van der Waals surface area (Å²) in [7, 11) is 1.59. The molecule has 5 aliphatic carbocycles. The van der Waals surface area contributed by atoms with Gasteiger partial charge in [-0.2, -0.15) is 0 Å². The maximum Gasteiger partial charge on any atom is 0.312 e. The van der Waals surface area contributed by atoms with Crippen LogP contribution >= 0.6 is 0 Å². The van der Waals surface area contributed by atoms with E-state index >= 15 is 0 Å². The molecule has 0 bridgehead atoms. The Morgan fingerprint density at radius 1 is 0.969 bits per heavy atom. The van der Waals surface area contributed by atoms with Crippen LogP contribution in [0.15, 0.2) is 11.6 Å².